The average Bonchev–Trinajstić information content (AvgIpc) is 2.27. The van der Waals surface area contributed by atoms with Gasteiger partial charge in [-0.1, -0.05) is 0 Å². The third-order valence-corrected chi connectivity index (χ3v) is 2.92. The standard InChI is InChI=1S/C11H19N5/c1-9-8-13-11(7-10(9)12)14-16-5-3-15(2)4-6-16/h7-8H,3-6H2,1-2H3,(H3,12,13,14). The minimum absolute atomic E-state index is 0.784. The minimum atomic E-state index is 0.784. The number of pyridine rings is 1. The second-order valence-electron chi connectivity index (χ2n) is 4.33. The molecule has 5 heteroatoms. The van der Waals surface area contributed by atoms with Gasteiger partial charge in [0.1, 0.15) is 5.82 Å². The highest BCUT2D eigenvalue weighted by Gasteiger charge is 2.13. The molecule has 1 aromatic rings. The monoisotopic (exact) mass is 221 g/mol. The smallest absolute Gasteiger partial charge is 0.142 e. The summed E-state index contributed by atoms with van der Waals surface area (Å²) in [4.78, 5) is 6.62. The van der Waals surface area contributed by atoms with Gasteiger partial charge in [-0.05, 0) is 19.5 Å². The average molecular weight is 221 g/mol. The van der Waals surface area contributed by atoms with Gasteiger partial charge in [0, 0.05) is 44.1 Å². The number of anilines is 2. The molecule has 2 heterocycles. The lowest BCUT2D eigenvalue weighted by Crippen LogP contribution is -2.47. The fourth-order valence-electron chi connectivity index (χ4n) is 1.68. The van der Waals surface area contributed by atoms with Gasteiger partial charge < -0.3 is 16.1 Å². The second-order valence-corrected chi connectivity index (χ2v) is 4.33. The van der Waals surface area contributed by atoms with Gasteiger partial charge in [-0.15, -0.1) is 0 Å². The van der Waals surface area contributed by atoms with Crippen molar-refractivity contribution in [3.8, 4) is 0 Å². The van der Waals surface area contributed by atoms with Crippen molar-refractivity contribution >= 4 is 11.5 Å². The summed E-state index contributed by atoms with van der Waals surface area (Å²) < 4.78 is 0. The van der Waals surface area contributed by atoms with Crippen LogP contribution in [0.1, 0.15) is 5.56 Å². The number of aromatic nitrogens is 1. The molecule has 88 valence electrons. The fourth-order valence-corrected chi connectivity index (χ4v) is 1.68. The van der Waals surface area contributed by atoms with Crippen LogP contribution in [0.2, 0.25) is 0 Å². The van der Waals surface area contributed by atoms with Crippen molar-refractivity contribution in [3.63, 3.8) is 0 Å². The number of nitrogens with zero attached hydrogens (tertiary/aromatic N) is 3. The van der Waals surface area contributed by atoms with E-state index in [4.69, 9.17) is 5.73 Å². The Kier molecular flexibility index (Phi) is 3.26. The molecule has 0 aliphatic carbocycles. The maximum absolute atomic E-state index is 5.84. The number of piperazine rings is 1. The third kappa shape index (κ3) is 2.62. The molecule has 16 heavy (non-hydrogen) atoms. The second kappa shape index (κ2) is 4.67. The van der Waals surface area contributed by atoms with Crippen LogP contribution in [-0.2, 0) is 0 Å². The van der Waals surface area contributed by atoms with E-state index in [1.165, 1.54) is 0 Å². The molecule has 1 aromatic heterocycles. The zero-order chi connectivity index (χ0) is 11.5. The number of nitrogen functional groups attached to an aromatic ring is 1. The van der Waals surface area contributed by atoms with Gasteiger partial charge in [-0.25, -0.2) is 9.99 Å². The summed E-state index contributed by atoms with van der Waals surface area (Å²) in [6, 6.07) is 1.88. The lowest BCUT2D eigenvalue weighted by atomic mass is 10.2. The maximum atomic E-state index is 5.84. The number of hydrogen-bond donors (Lipinski definition) is 2. The Balaban J connectivity index is 1.96. The van der Waals surface area contributed by atoms with Gasteiger partial charge >= 0.3 is 0 Å². The van der Waals surface area contributed by atoms with E-state index in [9.17, 15) is 0 Å². The van der Waals surface area contributed by atoms with E-state index in [1.54, 1.807) is 6.20 Å². The van der Waals surface area contributed by atoms with Gasteiger partial charge in [0.25, 0.3) is 0 Å². The Bertz CT molecular complexity index is 357. The summed E-state index contributed by atoms with van der Waals surface area (Å²) in [5.41, 5.74) is 10.9. The van der Waals surface area contributed by atoms with Crippen LogP contribution in [-0.4, -0.2) is 48.1 Å². The molecular weight excluding hydrogens is 202 g/mol. The third-order valence-electron chi connectivity index (χ3n) is 2.92. The number of nitrogens with one attached hydrogen (secondary N) is 1. The molecule has 0 spiro atoms. The first-order valence-electron chi connectivity index (χ1n) is 5.57. The highest BCUT2D eigenvalue weighted by Crippen LogP contribution is 2.14. The zero-order valence-corrected chi connectivity index (χ0v) is 9.90. The molecule has 0 unspecified atom stereocenters. The molecule has 5 nitrogen and oxygen atoms in total. The van der Waals surface area contributed by atoms with Crippen molar-refractivity contribution in [1.29, 1.82) is 0 Å². The van der Waals surface area contributed by atoms with Crippen LogP contribution in [0.3, 0.4) is 0 Å². The van der Waals surface area contributed by atoms with E-state index < -0.39 is 0 Å². The van der Waals surface area contributed by atoms with Crippen LogP contribution in [0.15, 0.2) is 12.3 Å². The molecule has 1 aliphatic heterocycles. The molecule has 0 radical (unpaired) electrons. The molecular formula is C11H19N5. The quantitative estimate of drug-likeness (QED) is 0.763. The Morgan fingerprint density at radius 2 is 2.00 bits per heavy atom. The number of aryl methyl sites for hydroxylation is 1. The Morgan fingerprint density at radius 3 is 2.62 bits per heavy atom. The van der Waals surface area contributed by atoms with E-state index in [0.717, 1.165) is 43.2 Å². The van der Waals surface area contributed by atoms with E-state index in [2.05, 4.69) is 27.4 Å². The van der Waals surface area contributed by atoms with E-state index in [-0.39, 0.29) is 0 Å². The Hall–Kier alpha value is -1.33. The number of rotatable bonds is 2. The van der Waals surface area contributed by atoms with Crippen molar-refractivity contribution < 1.29 is 0 Å². The van der Waals surface area contributed by atoms with Gasteiger partial charge in [0.05, 0.1) is 0 Å². The van der Waals surface area contributed by atoms with E-state index in [1.807, 2.05) is 13.0 Å². The first kappa shape index (κ1) is 11.2. The molecule has 3 N–H and O–H groups in total. The predicted molar refractivity (Wildman–Crippen MR) is 66.1 cm³/mol. The van der Waals surface area contributed by atoms with Crippen LogP contribution < -0.4 is 11.2 Å². The topological polar surface area (TPSA) is 57.4 Å². The largest absolute Gasteiger partial charge is 0.398 e. The highest BCUT2D eigenvalue weighted by atomic mass is 15.5. The first-order chi connectivity index (χ1) is 7.65. The molecule has 2 rings (SSSR count). The van der Waals surface area contributed by atoms with Crippen LogP contribution in [0.4, 0.5) is 11.5 Å². The van der Waals surface area contributed by atoms with Crippen LogP contribution >= 0.6 is 0 Å². The van der Waals surface area contributed by atoms with Crippen LogP contribution in [0.5, 0.6) is 0 Å². The molecule has 0 amide bonds. The van der Waals surface area contributed by atoms with E-state index in [0.29, 0.717) is 0 Å². The zero-order valence-electron chi connectivity index (χ0n) is 9.90. The van der Waals surface area contributed by atoms with Crippen LogP contribution in [0.25, 0.3) is 0 Å². The SMILES string of the molecule is Cc1cnc(NN2CCN(C)CC2)cc1N. The lowest BCUT2D eigenvalue weighted by Gasteiger charge is -2.32. The molecule has 0 saturated carbocycles. The predicted octanol–water partition coefficient (Wildman–Crippen LogP) is 0.547. The van der Waals surface area contributed by atoms with Crippen molar-refractivity contribution in [2.24, 2.45) is 0 Å². The number of hydrazine groups is 1. The van der Waals surface area contributed by atoms with E-state index >= 15 is 0 Å². The minimum Gasteiger partial charge on any atom is -0.398 e. The normalized spacial score (nSPS) is 18.6. The fraction of sp³-hybridized carbons (Fsp3) is 0.545. The van der Waals surface area contributed by atoms with Crippen molar-refractivity contribution in [2.75, 3.05) is 44.4 Å². The lowest BCUT2D eigenvalue weighted by molar-refractivity contribution is 0.178. The summed E-state index contributed by atoms with van der Waals surface area (Å²) in [6.07, 6.45) is 1.80. The number of likely N-dealkylation sites (N-methyl/N-ethyl adjacent to an activating group) is 1. The first-order valence-corrected chi connectivity index (χ1v) is 5.57. The summed E-state index contributed by atoms with van der Waals surface area (Å²) in [7, 11) is 2.14. The summed E-state index contributed by atoms with van der Waals surface area (Å²) in [5, 5.41) is 2.18. The molecule has 1 fully saturated rings. The highest BCUT2D eigenvalue weighted by molar-refractivity contribution is 5.53. The maximum Gasteiger partial charge on any atom is 0.142 e. The number of nitrogens with two attached hydrogens (primary N) is 1. The Labute approximate surface area is 96.2 Å². The molecule has 1 saturated heterocycles. The van der Waals surface area contributed by atoms with Gasteiger partial charge in [0.15, 0.2) is 0 Å². The van der Waals surface area contributed by atoms with Crippen molar-refractivity contribution in [3.05, 3.63) is 17.8 Å². The molecule has 1 aliphatic rings. The van der Waals surface area contributed by atoms with Crippen molar-refractivity contribution in [1.82, 2.24) is 14.9 Å². The summed E-state index contributed by atoms with van der Waals surface area (Å²) in [6.45, 7) is 6.13. The molecule has 0 atom stereocenters. The van der Waals surface area contributed by atoms with Gasteiger partial charge in [-0.3, -0.25) is 0 Å². The summed E-state index contributed by atoms with van der Waals surface area (Å²) in [5.74, 6) is 0.827. The Morgan fingerprint density at radius 1 is 1.31 bits per heavy atom. The van der Waals surface area contributed by atoms with Gasteiger partial charge in [-0.2, -0.15) is 0 Å². The van der Waals surface area contributed by atoms with Crippen LogP contribution in [0, 0.1) is 6.92 Å². The molecule has 0 aromatic carbocycles. The summed E-state index contributed by atoms with van der Waals surface area (Å²) >= 11 is 0. The molecule has 0 bridgehead atoms. The number of hydrogen-bond acceptors (Lipinski definition) is 5. The van der Waals surface area contributed by atoms with Crippen molar-refractivity contribution in [2.45, 2.75) is 6.92 Å². The van der Waals surface area contributed by atoms with Gasteiger partial charge in [0.2, 0.25) is 0 Å².